The lowest BCUT2D eigenvalue weighted by atomic mass is 10.2. The lowest BCUT2D eigenvalue weighted by molar-refractivity contribution is 0.102. The second-order valence-electron chi connectivity index (χ2n) is 6.06. The highest BCUT2D eigenvalue weighted by molar-refractivity contribution is 6.42. The number of hydrogen-bond acceptors (Lipinski definition) is 4. The van der Waals surface area contributed by atoms with Crippen molar-refractivity contribution >= 4 is 34.8 Å². The van der Waals surface area contributed by atoms with Crippen molar-refractivity contribution in [3.63, 3.8) is 0 Å². The molecule has 28 heavy (non-hydrogen) atoms. The summed E-state index contributed by atoms with van der Waals surface area (Å²) in [5, 5.41) is 16.4. The predicted molar refractivity (Wildman–Crippen MR) is 106 cm³/mol. The van der Waals surface area contributed by atoms with Gasteiger partial charge in [0.05, 0.1) is 28.5 Å². The van der Waals surface area contributed by atoms with Crippen molar-refractivity contribution in [2.45, 2.75) is 13.2 Å². The van der Waals surface area contributed by atoms with Gasteiger partial charge in [-0.3, -0.25) is 18.8 Å². The summed E-state index contributed by atoms with van der Waals surface area (Å²) in [5.74, 6) is -0.312. The smallest absolute Gasteiger partial charge is 0.276 e. The molecule has 0 bridgehead atoms. The summed E-state index contributed by atoms with van der Waals surface area (Å²) in [4.78, 5) is 12.4. The summed E-state index contributed by atoms with van der Waals surface area (Å²) in [6, 6.07) is 8.88. The van der Waals surface area contributed by atoms with Crippen LogP contribution in [0.1, 0.15) is 16.1 Å². The van der Waals surface area contributed by atoms with Gasteiger partial charge in [0.2, 0.25) is 0 Å². The third-order valence-electron chi connectivity index (χ3n) is 3.94. The van der Waals surface area contributed by atoms with Crippen molar-refractivity contribution in [3.8, 4) is 0 Å². The second kappa shape index (κ2) is 7.87. The highest BCUT2D eigenvalue weighted by atomic mass is 35.5. The van der Waals surface area contributed by atoms with Crippen molar-refractivity contribution in [2.75, 3.05) is 5.32 Å². The first-order valence-corrected chi connectivity index (χ1v) is 9.11. The van der Waals surface area contributed by atoms with Gasteiger partial charge < -0.3 is 5.32 Å². The fourth-order valence-electron chi connectivity index (χ4n) is 2.63. The number of anilines is 1. The zero-order valence-electron chi connectivity index (χ0n) is 14.5. The molecule has 10 heteroatoms. The van der Waals surface area contributed by atoms with E-state index < -0.39 is 0 Å². The van der Waals surface area contributed by atoms with Crippen LogP contribution in [-0.4, -0.2) is 35.2 Å². The Morgan fingerprint density at radius 2 is 1.93 bits per heavy atom. The van der Waals surface area contributed by atoms with Gasteiger partial charge in [0.15, 0.2) is 5.69 Å². The van der Waals surface area contributed by atoms with Crippen LogP contribution in [0.2, 0.25) is 10.0 Å². The Hall–Kier alpha value is -3.10. The van der Waals surface area contributed by atoms with Crippen LogP contribution in [0, 0.1) is 0 Å². The molecule has 1 amide bonds. The standard InChI is InChI=1S/C18H15Cl2N7O/c19-15-3-2-13(8-16(15)20)10-27-11-14(9-22-27)23-18(28)17-4-7-26(24-17)12-25-6-1-5-21-25/h1-9,11H,10,12H2,(H,23,28). The molecule has 4 aromatic rings. The third kappa shape index (κ3) is 4.24. The molecule has 3 aromatic heterocycles. The number of rotatable bonds is 6. The molecule has 0 saturated carbocycles. The van der Waals surface area contributed by atoms with Gasteiger partial charge in [-0.05, 0) is 29.8 Å². The van der Waals surface area contributed by atoms with Gasteiger partial charge in [-0.25, -0.2) is 0 Å². The van der Waals surface area contributed by atoms with Crippen LogP contribution in [-0.2, 0) is 13.2 Å². The van der Waals surface area contributed by atoms with Gasteiger partial charge in [0.25, 0.3) is 5.91 Å². The monoisotopic (exact) mass is 415 g/mol. The minimum absolute atomic E-state index is 0.310. The summed E-state index contributed by atoms with van der Waals surface area (Å²) in [6.07, 6.45) is 8.55. The van der Waals surface area contributed by atoms with Crippen molar-refractivity contribution < 1.29 is 4.79 Å². The van der Waals surface area contributed by atoms with Crippen molar-refractivity contribution in [3.05, 3.63) is 82.6 Å². The average Bonchev–Trinajstić information content (AvgIpc) is 3.41. The first-order chi connectivity index (χ1) is 13.6. The van der Waals surface area contributed by atoms with Crippen LogP contribution in [0.25, 0.3) is 0 Å². The Bertz CT molecular complexity index is 1100. The van der Waals surface area contributed by atoms with E-state index in [1.807, 2.05) is 18.3 Å². The highest BCUT2D eigenvalue weighted by Gasteiger charge is 2.11. The van der Waals surface area contributed by atoms with Gasteiger partial charge in [-0.2, -0.15) is 15.3 Å². The number of carbonyl (C=O) groups is 1. The predicted octanol–water partition coefficient (Wildman–Crippen LogP) is 3.39. The fraction of sp³-hybridized carbons (Fsp3) is 0.111. The zero-order chi connectivity index (χ0) is 19.5. The highest BCUT2D eigenvalue weighted by Crippen LogP contribution is 2.23. The fourth-order valence-corrected chi connectivity index (χ4v) is 2.95. The summed E-state index contributed by atoms with van der Waals surface area (Å²) < 4.78 is 5.04. The van der Waals surface area contributed by atoms with Crippen LogP contribution in [0.5, 0.6) is 0 Å². The maximum Gasteiger partial charge on any atom is 0.276 e. The van der Waals surface area contributed by atoms with E-state index in [0.29, 0.717) is 34.6 Å². The van der Waals surface area contributed by atoms with Gasteiger partial charge in [-0.15, -0.1) is 0 Å². The number of halogens is 2. The molecule has 0 fully saturated rings. The minimum Gasteiger partial charge on any atom is -0.318 e. The van der Waals surface area contributed by atoms with Gasteiger partial charge in [0, 0.05) is 24.8 Å². The Morgan fingerprint density at radius 1 is 1.04 bits per heavy atom. The van der Waals surface area contributed by atoms with E-state index in [9.17, 15) is 4.79 Å². The van der Waals surface area contributed by atoms with E-state index in [0.717, 1.165) is 5.56 Å². The molecule has 0 unspecified atom stereocenters. The molecule has 3 heterocycles. The van der Waals surface area contributed by atoms with Crippen LogP contribution in [0.4, 0.5) is 5.69 Å². The molecule has 0 aliphatic carbocycles. The number of nitrogens with one attached hydrogen (secondary N) is 1. The van der Waals surface area contributed by atoms with E-state index >= 15 is 0 Å². The number of benzene rings is 1. The molecule has 0 saturated heterocycles. The van der Waals surface area contributed by atoms with Crippen LogP contribution < -0.4 is 5.32 Å². The Balaban J connectivity index is 1.38. The number of carbonyl (C=O) groups excluding carboxylic acids is 1. The summed E-state index contributed by atoms with van der Waals surface area (Å²) in [6.45, 7) is 0.938. The SMILES string of the molecule is O=C(Nc1cnn(Cc2ccc(Cl)c(Cl)c2)c1)c1ccn(Cn2cccn2)n1. The maximum absolute atomic E-state index is 12.4. The topological polar surface area (TPSA) is 82.6 Å². The van der Waals surface area contributed by atoms with Crippen molar-refractivity contribution in [1.29, 1.82) is 0 Å². The van der Waals surface area contributed by atoms with E-state index in [4.69, 9.17) is 23.2 Å². The molecular weight excluding hydrogens is 401 g/mol. The molecule has 142 valence electrons. The number of hydrogen-bond donors (Lipinski definition) is 1. The number of aromatic nitrogens is 6. The molecule has 8 nitrogen and oxygen atoms in total. The maximum atomic E-state index is 12.4. The van der Waals surface area contributed by atoms with E-state index in [-0.39, 0.29) is 5.91 Å². The minimum atomic E-state index is -0.312. The van der Waals surface area contributed by atoms with Crippen molar-refractivity contribution in [2.24, 2.45) is 0 Å². The Labute approximate surface area is 170 Å². The lowest BCUT2D eigenvalue weighted by Gasteiger charge is -2.04. The average molecular weight is 416 g/mol. The third-order valence-corrected chi connectivity index (χ3v) is 4.68. The van der Waals surface area contributed by atoms with E-state index in [1.54, 1.807) is 57.0 Å². The largest absolute Gasteiger partial charge is 0.318 e. The van der Waals surface area contributed by atoms with Crippen LogP contribution >= 0.6 is 23.2 Å². The zero-order valence-corrected chi connectivity index (χ0v) is 16.0. The molecular formula is C18H15Cl2N7O. The summed E-state index contributed by atoms with van der Waals surface area (Å²) in [5.41, 5.74) is 1.84. The molecule has 0 atom stereocenters. The molecule has 0 radical (unpaired) electrons. The molecule has 0 spiro atoms. The Kier molecular flexibility index (Phi) is 5.14. The van der Waals surface area contributed by atoms with E-state index in [2.05, 4.69) is 20.6 Å². The summed E-state index contributed by atoms with van der Waals surface area (Å²) >= 11 is 12.0. The van der Waals surface area contributed by atoms with E-state index in [1.165, 1.54) is 0 Å². The van der Waals surface area contributed by atoms with Gasteiger partial charge in [0.1, 0.15) is 6.67 Å². The lowest BCUT2D eigenvalue weighted by Crippen LogP contribution is -2.14. The normalized spacial score (nSPS) is 10.9. The molecule has 0 aliphatic rings. The first kappa shape index (κ1) is 18.3. The molecule has 1 N–H and O–H groups in total. The van der Waals surface area contributed by atoms with Crippen LogP contribution in [0.3, 0.4) is 0 Å². The number of amides is 1. The molecule has 1 aromatic carbocycles. The van der Waals surface area contributed by atoms with Gasteiger partial charge >= 0.3 is 0 Å². The van der Waals surface area contributed by atoms with Crippen LogP contribution in [0.15, 0.2) is 61.3 Å². The molecule has 0 aliphatic heterocycles. The molecule has 4 rings (SSSR count). The summed E-state index contributed by atoms with van der Waals surface area (Å²) in [7, 11) is 0. The Morgan fingerprint density at radius 3 is 2.71 bits per heavy atom. The first-order valence-electron chi connectivity index (χ1n) is 8.35. The van der Waals surface area contributed by atoms with Crippen molar-refractivity contribution in [1.82, 2.24) is 29.3 Å². The quantitative estimate of drug-likeness (QED) is 0.523. The number of nitrogens with zero attached hydrogens (tertiary/aromatic N) is 6. The second-order valence-corrected chi connectivity index (χ2v) is 6.87. The van der Waals surface area contributed by atoms with Gasteiger partial charge in [-0.1, -0.05) is 29.3 Å².